The number of imidazole rings is 1. The smallest absolute Gasteiger partial charge is 0.253 e. The van der Waals surface area contributed by atoms with Crippen LogP contribution in [0.4, 0.5) is 0 Å². The van der Waals surface area contributed by atoms with Crippen molar-refractivity contribution in [3.05, 3.63) is 90.0 Å². The molecule has 3 aromatic rings. The summed E-state index contributed by atoms with van der Waals surface area (Å²) < 4.78 is 2.00. The molecule has 1 aliphatic heterocycles. The third kappa shape index (κ3) is 4.24. The molecule has 1 aromatic heterocycles. The molecule has 1 saturated heterocycles. The number of aromatic nitrogens is 2. The average Bonchev–Trinajstić information content (AvgIpc) is 3.47. The number of hydrogen-bond donors (Lipinski definition) is 0. The highest BCUT2D eigenvalue weighted by atomic mass is 16.2. The summed E-state index contributed by atoms with van der Waals surface area (Å²) in [6.45, 7) is 3.14. The Morgan fingerprint density at radius 3 is 2.29 bits per heavy atom. The van der Waals surface area contributed by atoms with Gasteiger partial charge in [-0.3, -0.25) is 9.59 Å². The minimum atomic E-state index is 0.0369. The Balaban J connectivity index is 1.13. The van der Waals surface area contributed by atoms with Crippen LogP contribution >= 0.6 is 0 Å². The third-order valence-electron chi connectivity index (χ3n) is 6.34. The number of amides is 2. The zero-order chi connectivity index (χ0) is 21.2. The number of hydrogen-bond acceptors (Lipinski definition) is 3. The van der Waals surface area contributed by atoms with Crippen LogP contribution in [0, 0.1) is 5.92 Å². The third-order valence-corrected chi connectivity index (χ3v) is 6.34. The first-order valence-corrected chi connectivity index (χ1v) is 10.9. The van der Waals surface area contributed by atoms with E-state index in [1.54, 1.807) is 12.5 Å². The molecule has 2 amide bonds. The van der Waals surface area contributed by atoms with Crippen LogP contribution in [-0.4, -0.2) is 57.3 Å². The molecule has 6 heteroatoms. The summed E-state index contributed by atoms with van der Waals surface area (Å²) >= 11 is 0. The Bertz CT molecular complexity index is 1040. The molecule has 0 radical (unpaired) electrons. The van der Waals surface area contributed by atoms with Crippen LogP contribution in [0.1, 0.15) is 33.8 Å². The van der Waals surface area contributed by atoms with Crippen molar-refractivity contribution in [1.29, 1.82) is 0 Å². The maximum absolute atomic E-state index is 12.9. The Morgan fingerprint density at radius 1 is 0.903 bits per heavy atom. The Morgan fingerprint density at radius 2 is 1.61 bits per heavy atom. The molecular formula is C25H26N4O2. The van der Waals surface area contributed by atoms with Crippen LogP contribution in [0.2, 0.25) is 0 Å². The molecule has 0 N–H and O–H groups in total. The number of carbonyl (C=O) groups excluding carboxylic acids is 2. The monoisotopic (exact) mass is 414 g/mol. The van der Waals surface area contributed by atoms with E-state index in [1.807, 2.05) is 63.0 Å². The lowest BCUT2D eigenvalue weighted by Crippen LogP contribution is -2.51. The predicted molar refractivity (Wildman–Crippen MR) is 118 cm³/mol. The fourth-order valence-corrected chi connectivity index (χ4v) is 4.43. The zero-order valence-electron chi connectivity index (χ0n) is 17.4. The summed E-state index contributed by atoms with van der Waals surface area (Å²) in [6, 6.07) is 18.0. The molecule has 0 unspecified atom stereocenters. The summed E-state index contributed by atoms with van der Waals surface area (Å²) in [7, 11) is 0. The van der Waals surface area contributed by atoms with Crippen molar-refractivity contribution in [3.63, 3.8) is 0 Å². The Kier molecular flexibility index (Phi) is 5.28. The molecule has 1 aliphatic carbocycles. The second-order valence-electron chi connectivity index (χ2n) is 8.41. The molecule has 6 nitrogen and oxygen atoms in total. The van der Waals surface area contributed by atoms with Gasteiger partial charge >= 0.3 is 0 Å². The Hall–Kier alpha value is -3.41. The molecule has 2 atom stereocenters. The van der Waals surface area contributed by atoms with Crippen molar-refractivity contribution in [2.45, 2.75) is 18.9 Å². The van der Waals surface area contributed by atoms with Gasteiger partial charge in [-0.25, -0.2) is 4.98 Å². The van der Waals surface area contributed by atoms with Crippen LogP contribution < -0.4 is 0 Å². The van der Waals surface area contributed by atoms with E-state index in [2.05, 4.69) is 17.1 Å². The van der Waals surface area contributed by atoms with Gasteiger partial charge in [-0.1, -0.05) is 42.5 Å². The van der Waals surface area contributed by atoms with Gasteiger partial charge < -0.3 is 14.4 Å². The summed E-state index contributed by atoms with van der Waals surface area (Å²) in [5.41, 5.74) is 3.08. The largest absolute Gasteiger partial charge is 0.339 e. The number of piperazine rings is 1. The second kappa shape index (κ2) is 8.38. The Labute approximate surface area is 182 Å². The van der Waals surface area contributed by atoms with Gasteiger partial charge in [-0.15, -0.1) is 0 Å². The van der Waals surface area contributed by atoms with E-state index in [9.17, 15) is 9.59 Å². The van der Waals surface area contributed by atoms with Gasteiger partial charge in [0, 0.05) is 56.6 Å². The van der Waals surface area contributed by atoms with Crippen molar-refractivity contribution in [2.24, 2.45) is 5.92 Å². The zero-order valence-corrected chi connectivity index (χ0v) is 17.4. The molecule has 0 spiro atoms. The fraction of sp³-hybridized carbons (Fsp3) is 0.320. The molecule has 0 bridgehead atoms. The molecule has 5 rings (SSSR count). The van der Waals surface area contributed by atoms with Crippen LogP contribution in [0.3, 0.4) is 0 Å². The predicted octanol–water partition coefficient (Wildman–Crippen LogP) is 3.02. The normalized spacial score (nSPS) is 20.5. The highest BCUT2D eigenvalue weighted by Gasteiger charge is 2.46. The van der Waals surface area contributed by atoms with Crippen molar-refractivity contribution in [1.82, 2.24) is 19.4 Å². The number of rotatable bonds is 5. The van der Waals surface area contributed by atoms with E-state index in [1.165, 1.54) is 5.56 Å². The van der Waals surface area contributed by atoms with Crippen LogP contribution in [0.5, 0.6) is 0 Å². The van der Waals surface area contributed by atoms with E-state index >= 15 is 0 Å². The van der Waals surface area contributed by atoms with Gasteiger partial charge in [0.15, 0.2) is 0 Å². The van der Waals surface area contributed by atoms with Crippen LogP contribution in [-0.2, 0) is 11.3 Å². The SMILES string of the molecule is O=C(c1ccc(Cn2ccnc2)cc1)N1CCN(C(=O)[C@@H]2C[C@@H]2c2ccccc2)CC1. The first-order valence-electron chi connectivity index (χ1n) is 10.9. The highest BCUT2D eigenvalue weighted by Crippen LogP contribution is 2.48. The molecule has 31 heavy (non-hydrogen) atoms. The summed E-state index contributed by atoms with van der Waals surface area (Å²) in [5, 5.41) is 0. The first kappa shape index (κ1) is 19.5. The van der Waals surface area contributed by atoms with Crippen molar-refractivity contribution < 1.29 is 9.59 Å². The van der Waals surface area contributed by atoms with E-state index < -0.39 is 0 Å². The first-order chi connectivity index (χ1) is 15.2. The van der Waals surface area contributed by atoms with Crippen LogP contribution in [0.15, 0.2) is 73.3 Å². The molecule has 2 aromatic carbocycles. The van der Waals surface area contributed by atoms with Crippen LogP contribution in [0.25, 0.3) is 0 Å². The minimum Gasteiger partial charge on any atom is -0.339 e. The topological polar surface area (TPSA) is 58.4 Å². The van der Waals surface area contributed by atoms with E-state index in [4.69, 9.17) is 0 Å². The summed E-state index contributed by atoms with van der Waals surface area (Å²) in [6.07, 6.45) is 6.40. The summed E-state index contributed by atoms with van der Waals surface area (Å²) in [4.78, 5) is 33.6. The molecular weight excluding hydrogens is 388 g/mol. The molecule has 158 valence electrons. The quantitative estimate of drug-likeness (QED) is 0.645. The van der Waals surface area contributed by atoms with Gasteiger partial charge in [0.25, 0.3) is 5.91 Å². The van der Waals surface area contributed by atoms with Crippen molar-refractivity contribution >= 4 is 11.8 Å². The maximum atomic E-state index is 12.9. The minimum absolute atomic E-state index is 0.0369. The molecule has 2 fully saturated rings. The second-order valence-corrected chi connectivity index (χ2v) is 8.41. The van der Waals surface area contributed by atoms with E-state index in [0.29, 0.717) is 37.7 Å². The lowest BCUT2D eigenvalue weighted by Gasteiger charge is -2.35. The fourth-order valence-electron chi connectivity index (χ4n) is 4.43. The lowest BCUT2D eigenvalue weighted by atomic mass is 10.1. The summed E-state index contributed by atoms with van der Waals surface area (Å²) in [5.74, 6) is 0.738. The van der Waals surface area contributed by atoms with Gasteiger partial charge in [-0.05, 0) is 35.6 Å². The molecule has 1 saturated carbocycles. The van der Waals surface area contributed by atoms with Gasteiger partial charge in [-0.2, -0.15) is 0 Å². The van der Waals surface area contributed by atoms with Gasteiger partial charge in [0.2, 0.25) is 5.91 Å². The number of benzene rings is 2. The van der Waals surface area contributed by atoms with Gasteiger partial charge in [0.1, 0.15) is 0 Å². The number of nitrogens with zero attached hydrogens (tertiary/aromatic N) is 4. The van der Waals surface area contributed by atoms with Crippen molar-refractivity contribution in [2.75, 3.05) is 26.2 Å². The average molecular weight is 415 g/mol. The molecule has 2 heterocycles. The maximum Gasteiger partial charge on any atom is 0.253 e. The highest BCUT2D eigenvalue weighted by molar-refractivity contribution is 5.94. The van der Waals surface area contributed by atoms with E-state index in [0.717, 1.165) is 18.5 Å². The lowest BCUT2D eigenvalue weighted by molar-refractivity contribution is -0.134. The molecule has 2 aliphatic rings. The van der Waals surface area contributed by atoms with Gasteiger partial charge in [0.05, 0.1) is 6.33 Å². The standard InChI is InChI=1S/C25H26N4O2/c30-24(21-8-6-19(7-9-21)17-27-11-10-26-18-27)28-12-14-29(15-13-28)25(31)23-16-22(23)20-4-2-1-3-5-20/h1-11,18,22-23H,12-17H2/t22-,23-/m1/s1. The van der Waals surface area contributed by atoms with Crippen molar-refractivity contribution in [3.8, 4) is 0 Å². The van der Waals surface area contributed by atoms with E-state index in [-0.39, 0.29) is 17.7 Å². The number of carbonyl (C=O) groups is 2.